The van der Waals surface area contributed by atoms with E-state index in [0.717, 1.165) is 16.7 Å². The molecule has 0 saturated heterocycles. The molecule has 9 nitrogen and oxygen atoms in total. The Balaban J connectivity index is 1.50. The van der Waals surface area contributed by atoms with Gasteiger partial charge in [-0.25, -0.2) is 31.5 Å². The summed E-state index contributed by atoms with van der Waals surface area (Å²) in [4.78, 5) is 16.3. The number of carbonyl (C=O) groups excluding carboxylic acids is 1. The van der Waals surface area contributed by atoms with Crippen LogP contribution in [0.25, 0.3) is 0 Å². The molecule has 178 valence electrons. The Morgan fingerprint density at radius 2 is 1.50 bits per heavy atom. The summed E-state index contributed by atoms with van der Waals surface area (Å²) in [5, 5.41) is 5.08. The Morgan fingerprint density at radius 1 is 0.912 bits per heavy atom. The van der Waals surface area contributed by atoms with E-state index in [1.807, 2.05) is 11.6 Å². The zero-order valence-corrected chi connectivity index (χ0v) is 19.8. The standard InChI is InChI=1S/C23H23N3O6S2/c1-17-2-10-22(11-3-17)34(30,31)26-23(27)32-20-8-4-19(5-9-20)16-25-15-14-18-6-12-21(13-7-18)33(24,28)29/h2-13,16H,14-15H2,1H3,(H,26,27)(H2,24,28,29). The molecule has 0 bridgehead atoms. The SMILES string of the molecule is Cc1ccc(S(=O)(=O)NC(=O)Oc2ccc(C=NCCc3ccc(S(N)(=O)=O)cc3)cc2)cc1. The van der Waals surface area contributed by atoms with Crippen LogP contribution in [0.5, 0.6) is 5.75 Å². The van der Waals surface area contributed by atoms with E-state index in [2.05, 4.69) is 4.99 Å². The molecule has 3 aromatic carbocycles. The zero-order chi connectivity index (χ0) is 24.8. The van der Waals surface area contributed by atoms with E-state index in [1.54, 1.807) is 42.6 Å². The van der Waals surface area contributed by atoms with Crippen molar-refractivity contribution < 1.29 is 26.4 Å². The fraction of sp³-hybridized carbons (Fsp3) is 0.130. The zero-order valence-electron chi connectivity index (χ0n) is 18.2. The maximum Gasteiger partial charge on any atom is 0.426 e. The predicted molar refractivity (Wildman–Crippen MR) is 128 cm³/mol. The highest BCUT2D eigenvalue weighted by Gasteiger charge is 2.18. The summed E-state index contributed by atoms with van der Waals surface area (Å²) in [5.41, 5.74) is 2.56. The molecule has 0 aliphatic carbocycles. The molecule has 0 aromatic heterocycles. The van der Waals surface area contributed by atoms with Gasteiger partial charge in [0.1, 0.15) is 5.75 Å². The molecule has 0 saturated carbocycles. The average Bonchev–Trinajstić information content (AvgIpc) is 2.77. The summed E-state index contributed by atoms with van der Waals surface area (Å²) in [6.07, 6.45) is 1.14. The van der Waals surface area contributed by atoms with Crippen LogP contribution in [0.2, 0.25) is 0 Å². The molecule has 0 unspecified atom stereocenters. The first-order valence-corrected chi connectivity index (χ1v) is 13.1. The molecule has 0 aliphatic rings. The number of nitrogens with two attached hydrogens (primary N) is 1. The average molecular weight is 502 g/mol. The van der Waals surface area contributed by atoms with Gasteiger partial charge in [-0.1, -0.05) is 29.8 Å². The molecule has 3 rings (SSSR count). The predicted octanol–water partition coefficient (Wildman–Crippen LogP) is 2.78. The van der Waals surface area contributed by atoms with Crippen molar-refractivity contribution in [1.82, 2.24) is 4.72 Å². The van der Waals surface area contributed by atoms with E-state index in [4.69, 9.17) is 9.88 Å². The fourth-order valence-corrected chi connectivity index (χ4v) is 4.23. The first kappa shape index (κ1) is 25.1. The van der Waals surface area contributed by atoms with Crippen LogP contribution in [0.15, 0.2) is 87.6 Å². The van der Waals surface area contributed by atoms with Gasteiger partial charge in [-0.3, -0.25) is 4.99 Å². The molecule has 0 aliphatic heterocycles. The minimum Gasteiger partial charge on any atom is -0.410 e. The number of benzene rings is 3. The number of hydrogen-bond acceptors (Lipinski definition) is 7. The lowest BCUT2D eigenvalue weighted by molar-refractivity contribution is 0.207. The lowest BCUT2D eigenvalue weighted by atomic mass is 10.1. The van der Waals surface area contributed by atoms with Crippen molar-refractivity contribution in [2.45, 2.75) is 23.1 Å². The van der Waals surface area contributed by atoms with Gasteiger partial charge in [0.25, 0.3) is 10.0 Å². The van der Waals surface area contributed by atoms with Crippen molar-refractivity contribution in [1.29, 1.82) is 0 Å². The molecule has 3 N–H and O–H groups in total. The molecular formula is C23H23N3O6S2. The van der Waals surface area contributed by atoms with Crippen LogP contribution < -0.4 is 14.6 Å². The molecule has 0 heterocycles. The van der Waals surface area contributed by atoms with Crippen molar-refractivity contribution in [3.8, 4) is 5.75 Å². The number of nitrogens with one attached hydrogen (secondary N) is 1. The largest absolute Gasteiger partial charge is 0.426 e. The van der Waals surface area contributed by atoms with Crippen LogP contribution in [0.1, 0.15) is 16.7 Å². The molecule has 0 atom stereocenters. The minimum atomic E-state index is -4.03. The summed E-state index contributed by atoms with van der Waals surface area (Å²) in [6.45, 7) is 2.30. The van der Waals surface area contributed by atoms with Crippen LogP contribution >= 0.6 is 0 Å². The van der Waals surface area contributed by atoms with Gasteiger partial charge in [0.15, 0.2) is 0 Å². The third-order valence-electron chi connectivity index (χ3n) is 4.66. The summed E-state index contributed by atoms with van der Waals surface area (Å²) in [7, 11) is -7.74. The van der Waals surface area contributed by atoms with E-state index < -0.39 is 26.1 Å². The van der Waals surface area contributed by atoms with Crippen molar-refractivity contribution >= 4 is 32.4 Å². The highest BCUT2D eigenvalue weighted by Crippen LogP contribution is 2.14. The Hall–Kier alpha value is -3.54. The molecular weight excluding hydrogens is 478 g/mol. The topological polar surface area (TPSA) is 145 Å². The lowest BCUT2D eigenvalue weighted by Gasteiger charge is -2.08. The Labute approximate surface area is 198 Å². The smallest absolute Gasteiger partial charge is 0.410 e. The summed E-state index contributed by atoms with van der Waals surface area (Å²) >= 11 is 0. The van der Waals surface area contributed by atoms with Crippen molar-refractivity contribution in [2.75, 3.05) is 6.54 Å². The van der Waals surface area contributed by atoms with Gasteiger partial charge >= 0.3 is 6.09 Å². The van der Waals surface area contributed by atoms with Gasteiger partial charge < -0.3 is 4.74 Å². The maximum atomic E-state index is 12.2. The van der Waals surface area contributed by atoms with Gasteiger partial charge in [0.2, 0.25) is 10.0 Å². The second-order valence-corrected chi connectivity index (χ2v) is 10.6. The van der Waals surface area contributed by atoms with Crippen molar-refractivity contribution in [3.63, 3.8) is 0 Å². The number of amides is 1. The van der Waals surface area contributed by atoms with E-state index in [0.29, 0.717) is 13.0 Å². The highest BCUT2D eigenvalue weighted by molar-refractivity contribution is 7.90. The summed E-state index contributed by atoms with van der Waals surface area (Å²) in [5.74, 6) is 0.170. The first-order valence-electron chi connectivity index (χ1n) is 10.1. The van der Waals surface area contributed by atoms with Crippen molar-refractivity contribution in [3.05, 3.63) is 89.5 Å². The summed E-state index contributed by atoms with van der Waals surface area (Å²) in [6, 6.07) is 18.7. The van der Waals surface area contributed by atoms with Crippen molar-refractivity contribution in [2.24, 2.45) is 10.1 Å². The number of primary sulfonamides is 1. The molecule has 1 amide bonds. The van der Waals surface area contributed by atoms with E-state index >= 15 is 0 Å². The molecule has 0 radical (unpaired) electrons. The lowest BCUT2D eigenvalue weighted by Crippen LogP contribution is -2.33. The number of sulfonamides is 2. The minimum absolute atomic E-state index is 0.0398. The number of aryl methyl sites for hydroxylation is 1. The number of rotatable bonds is 8. The van der Waals surface area contributed by atoms with Crippen LogP contribution in [-0.2, 0) is 26.5 Å². The third-order valence-corrected chi connectivity index (χ3v) is 6.92. The first-order chi connectivity index (χ1) is 16.0. The molecule has 3 aromatic rings. The van der Waals surface area contributed by atoms with Crippen LogP contribution in [-0.4, -0.2) is 35.7 Å². The Kier molecular flexibility index (Phi) is 7.82. The van der Waals surface area contributed by atoms with Gasteiger partial charge in [0.05, 0.1) is 9.79 Å². The van der Waals surface area contributed by atoms with E-state index in [1.165, 1.54) is 36.4 Å². The molecule has 34 heavy (non-hydrogen) atoms. The highest BCUT2D eigenvalue weighted by atomic mass is 32.2. The van der Waals surface area contributed by atoms with Crippen LogP contribution in [0, 0.1) is 6.92 Å². The normalized spacial score (nSPS) is 11.9. The van der Waals surface area contributed by atoms with Gasteiger partial charge in [-0.15, -0.1) is 0 Å². The second-order valence-electron chi connectivity index (χ2n) is 7.35. The van der Waals surface area contributed by atoms with Gasteiger partial charge in [-0.2, -0.15) is 0 Å². The van der Waals surface area contributed by atoms with E-state index in [-0.39, 0.29) is 15.5 Å². The van der Waals surface area contributed by atoms with E-state index in [9.17, 15) is 21.6 Å². The quantitative estimate of drug-likeness (QED) is 0.454. The number of hydrogen-bond donors (Lipinski definition) is 2. The summed E-state index contributed by atoms with van der Waals surface area (Å²) < 4.78 is 53.9. The number of ether oxygens (including phenoxy) is 1. The molecule has 0 spiro atoms. The monoisotopic (exact) mass is 501 g/mol. The maximum absolute atomic E-state index is 12.2. The molecule has 0 fully saturated rings. The van der Waals surface area contributed by atoms with Gasteiger partial charge in [0, 0.05) is 12.8 Å². The van der Waals surface area contributed by atoms with Gasteiger partial charge in [-0.05, 0) is 73.0 Å². The molecule has 11 heteroatoms. The third kappa shape index (κ3) is 7.24. The number of carbonyl (C=O) groups is 1. The van der Waals surface area contributed by atoms with Crippen LogP contribution in [0.3, 0.4) is 0 Å². The second kappa shape index (κ2) is 10.6. The number of aliphatic imine (C=N–C) groups is 1. The Morgan fingerprint density at radius 3 is 2.09 bits per heavy atom. The fourth-order valence-electron chi connectivity index (χ4n) is 2.85. The number of nitrogens with zero attached hydrogens (tertiary/aromatic N) is 1. The Bertz CT molecular complexity index is 1380. The van der Waals surface area contributed by atoms with Crippen LogP contribution in [0.4, 0.5) is 4.79 Å².